The van der Waals surface area contributed by atoms with Gasteiger partial charge in [0.05, 0.1) is 18.1 Å². The molecule has 0 spiro atoms. The molecule has 2 aromatic rings. The molecule has 0 aliphatic rings. The number of rotatable bonds is 5. The Balaban J connectivity index is 1.98. The molecule has 1 amide bonds. The van der Waals surface area contributed by atoms with Gasteiger partial charge in [-0.1, -0.05) is 0 Å². The van der Waals surface area contributed by atoms with E-state index in [2.05, 4.69) is 20.3 Å². The van der Waals surface area contributed by atoms with Crippen LogP contribution in [0.4, 0.5) is 32.0 Å². The van der Waals surface area contributed by atoms with E-state index in [1.807, 2.05) is 0 Å². The number of anilines is 1. The maximum atomic E-state index is 12.7. The first-order valence-electron chi connectivity index (χ1n) is 6.55. The second-order valence-corrected chi connectivity index (χ2v) is 4.85. The molecule has 0 fully saturated rings. The average molecular weight is 371 g/mol. The van der Waals surface area contributed by atoms with Crippen molar-refractivity contribution in [2.75, 3.05) is 11.9 Å². The number of nitrogens with one attached hydrogen (secondary N) is 1. The van der Waals surface area contributed by atoms with Crippen LogP contribution in [0.5, 0.6) is 0 Å². The van der Waals surface area contributed by atoms with Crippen molar-refractivity contribution in [3.63, 3.8) is 0 Å². The van der Waals surface area contributed by atoms with Crippen molar-refractivity contribution in [2.45, 2.75) is 19.1 Å². The van der Waals surface area contributed by atoms with Crippen LogP contribution in [0.25, 0.3) is 0 Å². The fraction of sp³-hybridized carbons (Fsp3) is 0.417. The number of amides is 1. The van der Waals surface area contributed by atoms with Crippen LogP contribution in [0.1, 0.15) is 16.2 Å². The van der Waals surface area contributed by atoms with E-state index in [9.17, 15) is 31.1 Å². The predicted molar refractivity (Wildman–Crippen MR) is 70.4 cm³/mol. The largest absolute Gasteiger partial charge is 0.433 e. The first-order chi connectivity index (χ1) is 11.5. The van der Waals surface area contributed by atoms with Gasteiger partial charge in [-0.2, -0.15) is 36.5 Å². The summed E-state index contributed by atoms with van der Waals surface area (Å²) >= 11 is 0. The maximum Gasteiger partial charge on any atom is 0.433 e. The summed E-state index contributed by atoms with van der Waals surface area (Å²) in [6, 6.07) is 0.576. The molecule has 0 aliphatic heterocycles. The number of aryl methyl sites for hydroxylation is 1. The van der Waals surface area contributed by atoms with Gasteiger partial charge in [-0.25, -0.2) is 4.68 Å². The summed E-state index contributed by atoms with van der Waals surface area (Å²) in [4.78, 5) is 11.9. The van der Waals surface area contributed by atoms with Crippen molar-refractivity contribution in [2.24, 2.45) is 7.05 Å². The Bertz CT molecular complexity index is 748. The summed E-state index contributed by atoms with van der Waals surface area (Å²) in [5.41, 5.74) is -1.52. The Kier molecular flexibility index (Phi) is 5.06. The summed E-state index contributed by atoms with van der Waals surface area (Å²) in [5, 5.41) is 9.35. The number of ether oxygens (including phenoxy) is 1. The van der Waals surface area contributed by atoms with E-state index in [1.54, 1.807) is 0 Å². The molecular formula is C12H11F6N5O2. The third-order valence-corrected chi connectivity index (χ3v) is 2.78. The Morgan fingerprint density at radius 2 is 1.96 bits per heavy atom. The Labute approximate surface area is 136 Å². The van der Waals surface area contributed by atoms with E-state index in [1.165, 1.54) is 0 Å². The summed E-state index contributed by atoms with van der Waals surface area (Å²) in [7, 11) is 1.04. The zero-order valence-electron chi connectivity index (χ0n) is 12.5. The molecule has 0 bridgehead atoms. The van der Waals surface area contributed by atoms with Crippen LogP contribution in [0.2, 0.25) is 0 Å². The van der Waals surface area contributed by atoms with Crippen molar-refractivity contribution in [3.8, 4) is 0 Å². The molecule has 0 unspecified atom stereocenters. The molecule has 7 nitrogen and oxygen atoms in total. The van der Waals surface area contributed by atoms with Crippen LogP contribution in [0.15, 0.2) is 18.5 Å². The van der Waals surface area contributed by atoms with E-state index >= 15 is 0 Å². The summed E-state index contributed by atoms with van der Waals surface area (Å²) in [6.07, 6.45) is -6.90. The molecule has 2 heterocycles. The van der Waals surface area contributed by atoms with Crippen LogP contribution < -0.4 is 5.32 Å². The first kappa shape index (κ1) is 18.8. The van der Waals surface area contributed by atoms with E-state index in [-0.39, 0.29) is 5.69 Å². The summed E-state index contributed by atoms with van der Waals surface area (Å²) in [6.45, 7) is -1.99. The summed E-state index contributed by atoms with van der Waals surface area (Å²) < 4.78 is 79.7. The minimum atomic E-state index is -4.67. The molecule has 138 valence electrons. The van der Waals surface area contributed by atoms with Gasteiger partial charge in [-0.05, 0) is 0 Å². The topological polar surface area (TPSA) is 74.0 Å². The van der Waals surface area contributed by atoms with Gasteiger partial charge in [0.1, 0.15) is 19.0 Å². The summed E-state index contributed by atoms with van der Waals surface area (Å²) in [5.74, 6) is -0.929. The van der Waals surface area contributed by atoms with Crippen molar-refractivity contribution in [1.29, 1.82) is 0 Å². The normalized spacial score (nSPS) is 12.4. The predicted octanol–water partition coefficient (Wildman–Crippen LogP) is 2.42. The molecule has 0 aromatic carbocycles. The molecular weight excluding hydrogens is 360 g/mol. The lowest BCUT2D eigenvalue weighted by Crippen LogP contribution is -2.18. The van der Waals surface area contributed by atoms with E-state index in [0.717, 1.165) is 24.1 Å². The first-order valence-corrected chi connectivity index (χ1v) is 6.55. The minimum Gasteiger partial charge on any atom is -0.350 e. The molecule has 0 saturated carbocycles. The van der Waals surface area contributed by atoms with E-state index < -0.39 is 43.0 Å². The lowest BCUT2D eigenvalue weighted by atomic mass is 10.3. The van der Waals surface area contributed by atoms with Gasteiger partial charge < -0.3 is 10.1 Å². The molecule has 2 aromatic heterocycles. The zero-order chi connectivity index (χ0) is 18.8. The van der Waals surface area contributed by atoms with Crippen molar-refractivity contribution in [1.82, 2.24) is 19.6 Å². The van der Waals surface area contributed by atoms with Crippen molar-refractivity contribution < 1.29 is 35.9 Å². The monoisotopic (exact) mass is 371 g/mol. The van der Waals surface area contributed by atoms with Crippen LogP contribution in [-0.4, -0.2) is 38.3 Å². The van der Waals surface area contributed by atoms with E-state index in [4.69, 9.17) is 0 Å². The highest BCUT2D eigenvalue weighted by Gasteiger charge is 2.35. The highest BCUT2D eigenvalue weighted by atomic mass is 19.4. The number of hydrogen-bond donors (Lipinski definition) is 1. The molecule has 25 heavy (non-hydrogen) atoms. The molecule has 0 saturated heterocycles. The number of carbonyl (C=O) groups excluding carboxylic acids is 1. The van der Waals surface area contributed by atoms with Crippen molar-refractivity contribution >= 4 is 11.6 Å². The van der Waals surface area contributed by atoms with Gasteiger partial charge in [-0.15, -0.1) is 0 Å². The second kappa shape index (κ2) is 6.74. The van der Waals surface area contributed by atoms with Crippen LogP contribution in [-0.2, 0) is 24.7 Å². The maximum absolute atomic E-state index is 12.7. The number of carbonyl (C=O) groups is 1. The number of halogens is 6. The van der Waals surface area contributed by atoms with Crippen LogP contribution >= 0.6 is 0 Å². The fourth-order valence-electron chi connectivity index (χ4n) is 1.79. The Hall–Kier alpha value is -2.57. The molecule has 13 heteroatoms. The van der Waals surface area contributed by atoms with Gasteiger partial charge in [0.25, 0.3) is 5.91 Å². The third kappa shape index (κ3) is 5.20. The Morgan fingerprint density at radius 3 is 2.52 bits per heavy atom. The number of nitrogens with zero attached hydrogens (tertiary/aromatic N) is 4. The standard InChI is InChI=1S/C12H11F6N5O2/c1-22-9(12(16,17)18)2-8(21-22)10(24)20-7-3-19-23(4-7)6-25-5-11(13,14)15/h2-4H,5-6H2,1H3,(H,20,24). The zero-order valence-corrected chi connectivity index (χ0v) is 12.5. The average Bonchev–Trinajstić information content (AvgIpc) is 3.03. The van der Waals surface area contributed by atoms with Gasteiger partial charge in [0, 0.05) is 13.1 Å². The highest BCUT2D eigenvalue weighted by Crippen LogP contribution is 2.29. The number of aromatic nitrogens is 4. The van der Waals surface area contributed by atoms with E-state index in [0.29, 0.717) is 10.7 Å². The quantitative estimate of drug-likeness (QED) is 0.820. The minimum absolute atomic E-state index is 0.0554. The van der Waals surface area contributed by atoms with Gasteiger partial charge in [0.15, 0.2) is 5.69 Å². The Morgan fingerprint density at radius 1 is 1.28 bits per heavy atom. The third-order valence-electron chi connectivity index (χ3n) is 2.78. The molecule has 1 N–H and O–H groups in total. The van der Waals surface area contributed by atoms with Gasteiger partial charge in [0.2, 0.25) is 0 Å². The van der Waals surface area contributed by atoms with Crippen LogP contribution in [0.3, 0.4) is 0 Å². The lowest BCUT2D eigenvalue weighted by Gasteiger charge is -2.07. The molecule has 0 atom stereocenters. The van der Waals surface area contributed by atoms with Gasteiger partial charge >= 0.3 is 12.4 Å². The molecule has 0 radical (unpaired) electrons. The smallest absolute Gasteiger partial charge is 0.350 e. The fourth-order valence-corrected chi connectivity index (χ4v) is 1.79. The lowest BCUT2D eigenvalue weighted by molar-refractivity contribution is -0.182. The SMILES string of the molecule is Cn1nc(C(=O)Nc2cnn(COCC(F)(F)F)c2)cc1C(F)(F)F. The molecule has 0 aliphatic carbocycles. The van der Waals surface area contributed by atoms with Crippen molar-refractivity contribution in [3.05, 3.63) is 29.8 Å². The second-order valence-electron chi connectivity index (χ2n) is 4.85. The van der Waals surface area contributed by atoms with Crippen LogP contribution in [0, 0.1) is 0 Å². The highest BCUT2D eigenvalue weighted by molar-refractivity contribution is 6.02. The number of hydrogen-bond acceptors (Lipinski definition) is 4. The van der Waals surface area contributed by atoms with Gasteiger partial charge in [-0.3, -0.25) is 9.48 Å². The number of alkyl halides is 6. The molecule has 2 rings (SSSR count).